The molecular formula is C26H38N4O5. The number of aryl methyl sites for hydroxylation is 1. The lowest BCUT2D eigenvalue weighted by atomic mass is 9.93. The lowest BCUT2D eigenvalue weighted by Gasteiger charge is -2.36. The standard InChI is InChI=1S/C26H38N4O5/c1-8-11-18-12-14-29(15-13-18)23-21(22(25(32)34-10-3)35-26(5,6)7)17(4)27-20-16-19(28-30(20)23)24(31)33-9-2/h8,16,18,22H,1,9-15H2,2-7H3/t22-/m0/s1. The van der Waals surface area contributed by atoms with Gasteiger partial charge in [0.1, 0.15) is 5.82 Å². The summed E-state index contributed by atoms with van der Waals surface area (Å²) in [5.74, 6) is 0.264. The summed E-state index contributed by atoms with van der Waals surface area (Å²) < 4.78 is 18.5. The zero-order valence-electron chi connectivity index (χ0n) is 21.8. The minimum atomic E-state index is -0.997. The number of esters is 2. The third kappa shape index (κ3) is 6.20. The number of carbonyl (C=O) groups excluding carboxylic acids is 2. The van der Waals surface area contributed by atoms with E-state index in [0.717, 1.165) is 32.4 Å². The minimum Gasteiger partial charge on any atom is -0.464 e. The van der Waals surface area contributed by atoms with E-state index >= 15 is 0 Å². The molecular weight excluding hydrogens is 448 g/mol. The fourth-order valence-corrected chi connectivity index (χ4v) is 4.44. The summed E-state index contributed by atoms with van der Waals surface area (Å²) >= 11 is 0. The van der Waals surface area contributed by atoms with Gasteiger partial charge < -0.3 is 19.1 Å². The molecule has 0 unspecified atom stereocenters. The van der Waals surface area contributed by atoms with E-state index in [9.17, 15) is 9.59 Å². The number of nitrogens with zero attached hydrogens (tertiary/aromatic N) is 4. The van der Waals surface area contributed by atoms with E-state index in [0.29, 0.717) is 28.6 Å². The second-order valence-corrected chi connectivity index (χ2v) is 9.77. The van der Waals surface area contributed by atoms with Gasteiger partial charge in [0.2, 0.25) is 0 Å². The molecule has 35 heavy (non-hydrogen) atoms. The number of piperidine rings is 1. The van der Waals surface area contributed by atoms with Crippen molar-refractivity contribution in [3.8, 4) is 0 Å². The van der Waals surface area contributed by atoms with Crippen LogP contribution in [0.25, 0.3) is 5.65 Å². The second kappa shape index (κ2) is 11.2. The van der Waals surface area contributed by atoms with Gasteiger partial charge in [-0.15, -0.1) is 6.58 Å². The Morgan fingerprint density at radius 3 is 2.43 bits per heavy atom. The van der Waals surface area contributed by atoms with Crippen molar-refractivity contribution in [2.45, 2.75) is 72.5 Å². The number of rotatable bonds is 9. The molecule has 3 rings (SSSR count). The lowest BCUT2D eigenvalue weighted by Crippen LogP contribution is -2.38. The summed E-state index contributed by atoms with van der Waals surface area (Å²) in [6.45, 7) is 16.9. The molecule has 0 radical (unpaired) electrons. The van der Waals surface area contributed by atoms with Crippen LogP contribution in [-0.2, 0) is 19.0 Å². The van der Waals surface area contributed by atoms with Crippen LogP contribution in [0, 0.1) is 12.8 Å². The predicted octanol–water partition coefficient (Wildman–Crippen LogP) is 4.43. The van der Waals surface area contributed by atoms with E-state index in [4.69, 9.17) is 19.2 Å². The van der Waals surface area contributed by atoms with Crippen LogP contribution in [0.2, 0.25) is 0 Å². The van der Waals surface area contributed by atoms with Crippen molar-refractivity contribution < 1.29 is 23.8 Å². The molecule has 1 saturated heterocycles. The molecule has 0 aliphatic carbocycles. The largest absolute Gasteiger partial charge is 0.464 e. The molecule has 192 valence electrons. The van der Waals surface area contributed by atoms with Crippen LogP contribution in [0.1, 0.15) is 81.7 Å². The Morgan fingerprint density at radius 1 is 1.20 bits per heavy atom. The van der Waals surface area contributed by atoms with Crippen LogP contribution >= 0.6 is 0 Å². The fourth-order valence-electron chi connectivity index (χ4n) is 4.44. The number of hydrogen-bond donors (Lipinski definition) is 0. The van der Waals surface area contributed by atoms with E-state index < -0.39 is 23.6 Å². The maximum absolute atomic E-state index is 13.2. The number of fused-ring (bicyclic) bond motifs is 1. The highest BCUT2D eigenvalue weighted by atomic mass is 16.6. The van der Waals surface area contributed by atoms with Crippen LogP contribution in [0.5, 0.6) is 0 Å². The third-order valence-corrected chi connectivity index (χ3v) is 5.94. The van der Waals surface area contributed by atoms with E-state index in [1.54, 1.807) is 24.4 Å². The zero-order chi connectivity index (χ0) is 25.8. The molecule has 1 atom stereocenters. The maximum Gasteiger partial charge on any atom is 0.358 e. The van der Waals surface area contributed by atoms with Crippen molar-refractivity contribution >= 4 is 23.4 Å². The van der Waals surface area contributed by atoms with Crippen LogP contribution in [0.15, 0.2) is 18.7 Å². The summed E-state index contributed by atoms with van der Waals surface area (Å²) in [5.41, 5.74) is 1.29. The first-order chi connectivity index (χ1) is 16.6. The Labute approximate surface area is 207 Å². The molecule has 0 N–H and O–H groups in total. The molecule has 1 aliphatic heterocycles. The Kier molecular flexibility index (Phi) is 8.53. The van der Waals surface area contributed by atoms with E-state index in [2.05, 4.69) is 16.6 Å². The average molecular weight is 487 g/mol. The first-order valence-corrected chi connectivity index (χ1v) is 12.4. The van der Waals surface area contributed by atoms with Gasteiger partial charge in [-0.1, -0.05) is 6.08 Å². The molecule has 9 nitrogen and oxygen atoms in total. The number of aromatic nitrogens is 3. The van der Waals surface area contributed by atoms with Crippen LogP contribution in [0.4, 0.5) is 5.82 Å². The quantitative estimate of drug-likeness (QED) is 0.380. The van der Waals surface area contributed by atoms with E-state index in [1.165, 1.54) is 0 Å². The van der Waals surface area contributed by atoms with Gasteiger partial charge in [0.25, 0.3) is 0 Å². The van der Waals surface area contributed by atoms with E-state index in [-0.39, 0.29) is 18.9 Å². The smallest absolute Gasteiger partial charge is 0.358 e. The van der Waals surface area contributed by atoms with Crippen molar-refractivity contribution in [2.75, 3.05) is 31.2 Å². The zero-order valence-corrected chi connectivity index (χ0v) is 21.8. The second-order valence-electron chi connectivity index (χ2n) is 9.77. The number of anilines is 1. The van der Waals surface area contributed by atoms with Crippen molar-refractivity contribution in [1.29, 1.82) is 0 Å². The third-order valence-electron chi connectivity index (χ3n) is 5.94. The van der Waals surface area contributed by atoms with Crippen LogP contribution < -0.4 is 4.90 Å². The topological polar surface area (TPSA) is 95.3 Å². The normalized spacial score (nSPS) is 15.8. The molecule has 0 bridgehead atoms. The Morgan fingerprint density at radius 2 is 1.86 bits per heavy atom. The van der Waals surface area contributed by atoms with Crippen molar-refractivity contribution in [1.82, 2.24) is 14.6 Å². The van der Waals surface area contributed by atoms with Gasteiger partial charge in [-0.2, -0.15) is 9.61 Å². The average Bonchev–Trinajstić information content (AvgIpc) is 3.21. The summed E-state index contributed by atoms with van der Waals surface area (Å²) in [6, 6.07) is 1.62. The van der Waals surface area contributed by atoms with Crippen molar-refractivity contribution in [3.05, 3.63) is 35.7 Å². The number of hydrogen-bond acceptors (Lipinski definition) is 8. The maximum atomic E-state index is 13.2. The van der Waals surface area contributed by atoms with Crippen molar-refractivity contribution in [3.63, 3.8) is 0 Å². The van der Waals surface area contributed by atoms with Crippen LogP contribution in [0.3, 0.4) is 0 Å². The van der Waals surface area contributed by atoms with Gasteiger partial charge >= 0.3 is 11.9 Å². The molecule has 3 heterocycles. The molecule has 0 saturated carbocycles. The minimum absolute atomic E-state index is 0.170. The van der Waals surface area contributed by atoms with Gasteiger partial charge in [-0.05, 0) is 66.7 Å². The molecule has 1 fully saturated rings. The SMILES string of the molecule is C=CCC1CCN(c2c([C@H](OC(C)(C)C)C(=O)OCC)c(C)nc3cc(C(=O)OCC)nn23)CC1. The first kappa shape index (κ1) is 26.7. The highest BCUT2D eigenvalue weighted by Gasteiger charge is 2.36. The summed E-state index contributed by atoms with van der Waals surface area (Å²) in [5, 5.41) is 4.56. The first-order valence-electron chi connectivity index (χ1n) is 12.4. The van der Waals surface area contributed by atoms with Gasteiger partial charge in [0.15, 0.2) is 17.4 Å². The predicted molar refractivity (Wildman–Crippen MR) is 134 cm³/mol. The number of carbonyl (C=O) groups is 2. The Hall–Kier alpha value is -2.94. The van der Waals surface area contributed by atoms with E-state index in [1.807, 2.05) is 33.8 Å². The fraction of sp³-hybridized carbons (Fsp3) is 0.615. The Balaban J connectivity index is 2.20. The van der Waals surface area contributed by atoms with Gasteiger partial charge in [0, 0.05) is 24.8 Å². The molecule has 0 amide bonds. The monoisotopic (exact) mass is 486 g/mol. The summed E-state index contributed by atoms with van der Waals surface area (Å²) in [4.78, 5) is 32.5. The lowest BCUT2D eigenvalue weighted by molar-refractivity contribution is -0.166. The molecule has 2 aromatic rings. The Bertz CT molecular complexity index is 1060. The van der Waals surface area contributed by atoms with Crippen molar-refractivity contribution in [2.24, 2.45) is 5.92 Å². The number of allylic oxidation sites excluding steroid dienone is 1. The molecule has 1 aliphatic rings. The molecule has 2 aromatic heterocycles. The van der Waals surface area contributed by atoms with Crippen LogP contribution in [-0.4, -0.2) is 58.4 Å². The number of ether oxygens (including phenoxy) is 3. The molecule has 0 spiro atoms. The summed E-state index contributed by atoms with van der Waals surface area (Å²) in [6.07, 6.45) is 3.89. The molecule has 9 heteroatoms. The highest BCUT2D eigenvalue weighted by Crippen LogP contribution is 2.37. The van der Waals surface area contributed by atoms with Gasteiger partial charge in [-0.3, -0.25) is 0 Å². The molecule has 0 aromatic carbocycles. The summed E-state index contributed by atoms with van der Waals surface area (Å²) in [7, 11) is 0. The highest BCUT2D eigenvalue weighted by molar-refractivity contribution is 5.89. The van der Waals surface area contributed by atoms with Gasteiger partial charge in [-0.25, -0.2) is 14.6 Å². The van der Waals surface area contributed by atoms with Gasteiger partial charge in [0.05, 0.1) is 24.4 Å².